The second kappa shape index (κ2) is 5.60. The molecule has 2 atom stereocenters. The van der Waals surface area contributed by atoms with Crippen LogP contribution in [0.3, 0.4) is 0 Å². The van der Waals surface area contributed by atoms with Crippen LogP contribution >= 0.6 is 0 Å². The zero-order valence-corrected chi connectivity index (χ0v) is 12.1. The third-order valence-corrected chi connectivity index (χ3v) is 4.23. The Bertz CT molecular complexity index is 632. The molecule has 0 bridgehead atoms. The molecular weight excluding hydrogens is 264 g/mol. The Kier molecular flexibility index (Phi) is 3.64. The van der Waals surface area contributed by atoms with Crippen molar-refractivity contribution in [2.24, 2.45) is 11.8 Å². The molecule has 1 aliphatic carbocycles. The van der Waals surface area contributed by atoms with E-state index >= 15 is 0 Å². The number of nitrogens with zero attached hydrogens (tertiary/aromatic N) is 2. The molecule has 21 heavy (non-hydrogen) atoms. The summed E-state index contributed by atoms with van der Waals surface area (Å²) in [6.07, 6.45) is 4.93. The Morgan fingerprint density at radius 2 is 2.05 bits per heavy atom. The normalized spacial score (nSPS) is 21.4. The summed E-state index contributed by atoms with van der Waals surface area (Å²) in [7, 11) is 0. The molecule has 1 aliphatic rings. The molecule has 2 aromatic rings. The van der Waals surface area contributed by atoms with E-state index in [1.54, 1.807) is 10.9 Å². The van der Waals surface area contributed by atoms with Gasteiger partial charge >= 0.3 is 0 Å². The van der Waals surface area contributed by atoms with Crippen LogP contribution in [0.15, 0.2) is 36.5 Å². The zero-order valence-electron chi connectivity index (χ0n) is 12.1. The molecule has 3 rings (SSSR count). The van der Waals surface area contributed by atoms with Crippen LogP contribution in [0.1, 0.15) is 26.2 Å². The van der Waals surface area contributed by atoms with E-state index in [4.69, 9.17) is 5.73 Å². The van der Waals surface area contributed by atoms with Gasteiger partial charge in [0, 0.05) is 17.7 Å². The third-order valence-electron chi connectivity index (χ3n) is 4.23. The largest absolute Gasteiger partial charge is 0.399 e. The standard InChI is InChI=1S/C16H20N4O/c1-11-3-2-4-14(11)16(21)19-15-9-10-18-20(15)13-7-5-12(17)6-8-13/h5-11,14H,2-4,17H2,1H3,(H,19,21). The summed E-state index contributed by atoms with van der Waals surface area (Å²) >= 11 is 0. The molecule has 0 aliphatic heterocycles. The van der Waals surface area contributed by atoms with Crippen LogP contribution in [0.5, 0.6) is 0 Å². The summed E-state index contributed by atoms with van der Waals surface area (Å²) in [5, 5.41) is 7.28. The summed E-state index contributed by atoms with van der Waals surface area (Å²) in [5.41, 5.74) is 7.28. The van der Waals surface area contributed by atoms with Gasteiger partial charge in [0.25, 0.3) is 0 Å². The van der Waals surface area contributed by atoms with Crippen molar-refractivity contribution >= 4 is 17.4 Å². The van der Waals surface area contributed by atoms with Crippen molar-refractivity contribution in [2.75, 3.05) is 11.1 Å². The van der Waals surface area contributed by atoms with E-state index < -0.39 is 0 Å². The van der Waals surface area contributed by atoms with Gasteiger partial charge in [-0.15, -0.1) is 0 Å². The van der Waals surface area contributed by atoms with Crippen LogP contribution in [-0.4, -0.2) is 15.7 Å². The number of aromatic nitrogens is 2. The van der Waals surface area contributed by atoms with Gasteiger partial charge < -0.3 is 11.1 Å². The van der Waals surface area contributed by atoms with Crippen molar-refractivity contribution in [2.45, 2.75) is 26.2 Å². The number of amides is 1. The summed E-state index contributed by atoms with van der Waals surface area (Å²) in [6.45, 7) is 2.15. The Morgan fingerprint density at radius 1 is 1.29 bits per heavy atom. The van der Waals surface area contributed by atoms with E-state index in [0.29, 0.717) is 17.4 Å². The molecule has 1 fully saturated rings. The van der Waals surface area contributed by atoms with Crippen LogP contribution in [0.4, 0.5) is 11.5 Å². The lowest BCUT2D eigenvalue weighted by Crippen LogP contribution is -2.25. The highest BCUT2D eigenvalue weighted by Crippen LogP contribution is 2.32. The topological polar surface area (TPSA) is 72.9 Å². The van der Waals surface area contributed by atoms with Gasteiger partial charge in [0.1, 0.15) is 5.82 Å². The molecule has 3 N–H and O–H groups in total. The molecule has 2 unspecified atom stereocenters. The van der Waals surface area contributed by atoms with Crippen LogP contribution in [0.2, 0.25) is 0 Å². The zero-order chi connectivity index (χ0) is 14.8. The number of carbonyl (C=O) groups is 1. The first-order valence-electron chi connectivity index (χ1n) is 7.36. The number of hydrogen-bond donors (Lipinski definition) is 2. The van der Waals surface area contributed by atoms with E-state index in [2.05, 4.69) is 17.3 Å². The van der Waals surface area contributed by atoms with Crippen molar-refractivity contribution in [1.82, 2.24) is 9.78 Å². The molecule has 1 saturated carbocycles. The predicted octanol–water partition coefficient (Wildman–Crippen LogP) is 2.83. The third kappa shape index (κ3) is 2.77. The van der Waals surface area contributed by atoms with E-state index in [1.807, 2.05) is 30.3 Å². The molecule has 5 nitrogen and oxygen atoms in total. The molecule has 110 valence electrons. The SMILES string of the molecule is CC1CCCC1C(=O)Nc1ccnn1-c1ccc(N)cc1. The number of nitrogen functional groups attached to an aromatic ring is 1. The highest BCUT2D eigenvalue weighted by molar-refractivity contribution is 5.92. The minimum atomic E-state index is 0.0946. The number of nitrogens with one attached hydrogen (secondary N) is 1. The van der Waals surface area contributed by atoms with Crippen LogP contribution in [0, 0.1) is 11.8 Å². The molecule has 1 aromatic carbocycles. The van der Waals surface area contributed by atoms with Crippen molar-refractivity contribution in [3.63, 3.8) is 0 Å². The van der Waals surface area contributed by atoms with Gasteiger partial charge in [0.05, 0.1) is 11.9 Å². The van der Waals surface area contributed by atoms with Crippen LogP contribution < -0.4 is 11.1 Å². The first-order valence-corrected chi connectivity index (χ1v) is 7.36. The first-order chi connectivity index (χ1) is 10.1. The minimum Gasteiger partial charge on any atom is -0.399 e. The maximum absolute atomic E-state index is 12.4. The Labute approximate surface area is 124 Å². The minimum absolute atomic E-state index is 0.0946. The van der Waals surface area contributed by atoms with Crippen molar-refractivity contribution in [3.05, 3.63) is 36.5 Å². The van der Waals surface area contributed by atoms with Gasteiger partial charge in [-0.05, 0) is 43.0 Å². The first kappa shape index (κ1) is 13.7. The Hall–Kier alpha value is -2.30. The molecule has 1 aromatic heterocycles. The van der Waals surface area contributed by atoms with Crippen LogP contribution in [-0.2, 0) is 4.79 Å². The van der Waals surface area contributed by atoms with E-state index in [9.17, 15) is 4.79 Å². The molecule has 0 saturated heterocycles. The maximum Gasteiger partial charge on any atom is 0.228 e. The summed E-state index contributed by atoms with van der Waals surface area (Å²) in [5.74, 6) is 1.36. The number of rotatable bonds is 3. The molecular formula is C16H20N4O. The predicted molar refractivity (Wildman–Crippen MR) is 83.1 cm³/mol. The Morgan fingerprint density at radius 3 is 2.71 bits per heavy atom. The van der Waals surface area contributed by atoms with Crippen LogP contribution in [0.25, 0.3) is 5.69 Å². The highest BCUT2D eigenvalue weighted by atomic mass is 16.2. The quantitative estimate of drug-likeness (QED) is 0.851. The number of anilines is 2. The molecule has 5 heteroatoms. The fourth-order valence-corrected chi connectivity index (χ4v) is 2.97. The lowest BCUT2D eigenvalue weighted by Gasteiger charge is -2.16. The maximum atomic E-state index is 12.4. The average Bonchev–Trinajstić information content (AvgIpc) is 3.09. The fraction of sp³-hybridized carbons (Fsp3) is 0.375. The second-order valence-corrected chi connectivity index (χ2v) is 5.72. The number of carbonyl (C=O) groups excluding carboxylic acids is 1. The van der Waals surface area contributed by atoms with Crippen molar-refractivity contribution < 1.29 is 4.79 Å². The van der Waals surface area contributed by atoms with E-state index in [0.717, 1.165) is 24.9 Å². The van der Waals surface area contributed by atoms with Gasteiger partial charge in [0.15, 0.2) is 0 Å². The lowest BCUT2D eigenvalue weighted by atomic mass is 9.97. The number of hydrogen-bond acceptors (Lipinski definition) is 3. The second-order valence-electron chi connectivity index (χ2n) is 5.72. The van der Waals surface area contributed by atoms with Gasteiger partial charge in [-0.2, -0.15) is 5.10 Å². The van der Waals surface area contributed by atoms with Gasteiger partial charge in [-0.25, -0.2) is 4.68 Å². The Balaban J connectivity index is 1.79. The van der Waals surface area contributed by atoms with Gasteiger partial charge in [0.2, 0.25) is 5.91 Å². The summed E-state index contributed by atoms with van der Waals surface area (Å²) in [4.78, 5) is 12.4. The lowest BCUT2D eigenvalue weighted by molar-refractivity contribution is -0.120. The van der Waals surface area contributed by atoms with E-state index in [-0.39, 0.29) is 11.8 Å². The molecule has 1 amide bonds. The highest BCUT2D eigenvalue weighted by Gasteiger charge is 2.30. The summed E-state index contributed by atoms with van der Waals surface area (Å²) < 4.78 is 1.72. The van der Waals surface area contributed by atoms with E-state index in [1.165, 1.54) is 0 Å². The van der Waals surface area contributed by atoms with Crippen molar-refractivity contribution in [3.8, 4) is 5.69 Å². The summed E-state index contributed by atoms with van der Waals surface area (Å²) in [6, 6.07) is 9.23. The smallest absolute Gasteiger partial charge is 0.228 e. The molecule has 0 radical (unpaired) electrons. The van der Waals surface area contributed by atoms with Gasteiger partial charge in [-0.1, -0.05) is 13.3 Å². The molecule has 0 spiro atoms. The fourth-order valence-electron chi connectivity index (χ4n) is 2.97. The average molecular weight is 284 g/mol. The van der Waals surface area contributed by atoms with Crippen molar-refractivity contribution in [1.29, 1.82) is 0 Å². The monoisotopic (exact) mass is 284 g/mol. The number of nitrogens with two attached hydrogens (primary N) is 1. The van der Waals surface area contributed by atoms with Gasteiger partial charge in [-0.3, -0.25) is 4.79 Å². The number of benzene rings is 1. The molecule has 1 heterocycles.